The molecule has 2 aromatic rings. The first-order valence-electron chi connectivity index (χ1n) is 6.52. The van der Waals surface area contributed by atoms with Gasteiger partial charge in [-0.25, -0.2) is 4.39 Å². The summed E-state index contributed by atoms with van der Waals surface area (Å²) >= 11 is 0. The molecule has 0 bridgehead atoms. The molecular formula is C16H15F4N. The minimum atomic E-state index is -4.39. The van der Waals surface area contributed by atoms with Gasteiger partial charge in [0.1, 0.15) is 5.82 Å². The summed E-state index contributed by atoms with van der Waals surface area (Å²) < 4.78 is 52.2. The molecule has 1 atom stereocenters. The van der Waals surface area contributed by atoms with Crippen molar-refractivity contribution in [3.8, 4) is 0 Å². The van der Waals surface area contributed by atoms with E-state index in [-0.39, 0.29) is 24.0 Å². The fourth-order valence-electron chi connectivity index (χ4n) is 2.15. The van der Waals surface area contributed by atoms with Crippen LogP contribution < -0.4 is 5.32 Å². The van der Waals surface area contributed by atoms with Gasteiger partial charge in [-0.05, 0) is 24.6 Å². The Balaban J connectivity index is 2.12. The van der Waals surface area contributed by atoms with Gasteiger partial charge in [0.05, 0.1) is 5.56 Å². The van der Waals surface area contributed by atoms with Crippen LogP contribution in [0.1, 0.15) is 29.7 Å². The van der Waals surface area contributed by atoms with Gasteiger partial charge in [0.15, 0.2) is 0 Å². The van der Waals surface area contributed by atoms with Crippen molar-refractivity contribution in [3.05, 3.63) is 71.0 Å². The molecule has 0 fully saturated rings. The first-order chi connectivity index (χ1) is 9.89. The predicted octanol–water partition coefficient (Wildman–Crippen LogP) is 4.70. The van der Waals surface area contributed by atoms with Crippen LogP contribution in [0.3, 0.4) is 0 Å². The first-order valence-corrected chi connectivity index (χ1v) is 6.52. The van der Waals surface area contributed by atoms with Crippen LogP contribution >= 0.6 is 0 Å². The Bertz CT molecular complexity index is 607. The number of halogens is 4. The molecule has 112 valence electrons. The topological polar surface area (TPSA) is 12.0 Å². The molecule has 2 aromatic carbocycles. The van der Waals surface area contributed by atoms with Crippen molar-refractivity contribution in [2.24, 2.45) is 0 Å². The van der Waals surface area contributed by atoms with Crippen molar-refractivity contribution in [3.63, 3.8) is 0 Å². The molecule has 0 amide bonds. The highest BCUT2D eigenvalue weighted by Gasteiger charge is 2.32. The maximum absolute atomic E-state index is 13.6. The second-order valence-corrected chi connectivity index (χ2v) is 4.78. The maximum atomic E-state index is 13.6. The zero-order chi connectivity index (χ0) is 15.5. The van der Waals surface area contributed by atoms with Crippen molar-refractivity contribution >= 4 is 0 Å². The van der Waals surface area contributed by atoms with Crippen molar-refractivity contribution in [2.45, 2.75) is 25.7 Å². The van der Waals surface area contributed by atoms with Gasteiger partial charge in [-0.2, -0.15) is 13.2 Å². The van der Waals surface area contributed by atoms with E-state index in [4.69, 9.17) is 0 Å². The van der Waals surface area contributed by atoms with Crippen LogP contribution in [-0.4, -0.2) is 0 Å². The molecule has 21 heavy (non-hydrogen) atoms. The van der Waals surface area contributed by atoms with Gasteiger partial charge in [-0.15, -0.1) is 0 Å². The van der Waals surface area contributed by atoms with E-state index in [0.29, 0.717) is 5.56 Å². The zero-order valence-corrected chi connectivity index (χ0v) is 11.4. The highest BCUT2D eigenvalue weighted by atomic mass is 19.4. The third-order valence-corrected chi connectivity index (χ3v) is 3.29. The van der Waals surface area contributed by atoms with E-state index in [1.807, 2.05) is 0 Å². The third kappa shape index (κ3) is 3.82. The Morgan fingerprint density at radius 2 is 1.62 bits per heavy atom. The Hall–Kier alpha value is -1.88. The normalized spacial score (nSPS) is 13.2. The van der Waals surface area contributed by atoms with Crippen LogP contribution in [0.4, 0.5) is 17.6 Å². The lowest BCUT2D eigenvalue weighted by molar-refractivity contribution is -0.138. The lowest BCUT2D eigenvalue weighted by Crippen LogP contribution is -2.21. The molecule has 0 spiro atoms. The molecule has 1 nitrogen and oxygen atoms in total. The second-order valence-electron chi connectivity index (χ2n) is 4.78. The minimum absolute atomic E-state index is 0.0190. The molecule has 5 heteroatoms. The first kappa shape index (κ1) is 15.5. The number of alkyl halides is 3. The number of rotatable bonds is 4. The van der Waals surface area contributed by atoms with E-state index >= 15 is 0 Å². The van der Waals surface area contributed by atoms with Gasteiger partial charge in [-0.3, -0.25) is 0 Å². The Kier molecular flexibility index (Phi) is 4.63. The van der Waals surface area contributed by atoms with Gasteiger partial charge in [0, 0.05) is 18.2 Å². The molecule has 0 aliphatic heterocycles. The van der Waals surface area contributed by atoms with E-state index in [1.54, 1.807) is 31.2 Å². The monoisotopic (exact) mass is 297 g/mol. The molecule has 0 aliphatic rings. The molecule has 0 unspecified atom stereocenters. The lowest BCUT2D eigenvalue weighted by atomic mass is 10.0. The molecule has 2 rings (SSSR count). The number of hydrogen-bond acceptors (Lipinski definition) is 1. The van der Waals surface area contributed by atoms with E-state index in [2.05, 4.69) is 5.32 Å². The Labute approximate surface area is 120 Å². The minimum Gasteiger partial charge on any atom is -0.306 e. The SMILES string of the molecule is C[C@@H](NCc1ccccc1C(F)(F)F)c1ccccc1F. The summed E-state index contributed by atoms with van der Waals surface area (Å²) in [6.07, 6.45) is -4.39. The molecule has 0 heterocycles. The second kappa shape index (κ2) is 6.26. The Morgan fingerprint density at radius 1 is 1.00 bits per heavy atom. The molecule has 0 saturated heterocycles. The smallest absolute Gasteiger partial charge is 0.306 e. The zero-order valence-electron chi connectivity index (χ0n) is 11.4. The number of benzene rings is 2. The van der Waals surface area contributed by atoms with Crippen LogP contribution in [0, 0.1) is 5.82 Å². The van der Waals surface area contributed by atoms with E-state index in [9.17, 15) is 17.6 Å². The van der Waals surface area contributed by atoms with Crippen LogP contribution in [0.25, 0.3) is 0 Å². The van der Waals surface area contributed by atoms with Crippen LogP contribution in [0.15, 0.2) is 48.5 Å². The average Bonchev–Trinajstić information content (AvgIpc) is 2.44. The number of nitrogens with one attached hydrogen (secondary N) is 1. The van der Waals surface area contributed by atoms with Crippen molar-refractivity contribution < 1.29 is 17.6 Å². The quantitative estimate of drug-likeness (QED) is 0.807. The van der Waals surface area contributed by atoms with Crippen molar-refractivity contribution in [1.29, 1.82) is 0 Å². The maximum Gasteiger partial charge on any atom is 0.416 e. The average molecular weight is 297 g/mol. The molecule has 0 aliphatic carbocycles. The summed E-state index contributed by atoms with van der Waals surface area (Å²) in [7, 11) is 0. The largest absolute Gasteiger partial charge is 0.416 e. The number of hydrogen-bond donors (Lipinski definition) is 1. The van der Waals surface area contributed by atoms with Gasteiger partial charge in [0.25, 0.3) is 0 Å². The van der Waals surface area contributed by atoms with Crippen molar-refractivity contribution in [1.82, 2.24) is 5.32 Å². The van der Waals surface area contributed by atoms with Gasteiger partial charge < -0.3 is 5.32 Å². The van der Waals surface area contributed by atoms with Gasteiger partial charge in [-0.1, -0.05) is 36.4 Å². The van der Waals surface area contributed by atoms with Gasteiger partial charge >= 0.3 is 6.18 Å². The summed E-state index contributed by atoms with van der Waals surface area (Å²) in [4.78, 5) is 0. The summed E-state index contributed by atoms with van der Waals surface area (Å²) in [5, 5.41) is 2.93. The molecule has 0 aromatic heterocycles. The lowest BCUT2D eigenvalue weighted by Gasteiger charge is -2.17. The summed E-state index contributed by atoms with van der Waals surface area (Å²) in [5.41, 5.74) is -0.0894. The van der Waals surface area contributed by atoms with Crippen LogP contribution in [-0.2, 0) is 12.7 Å². The molecular weight excluding hydrogens is 282 g/mol. The van der Waals surface area contributed by atoms with E-state index in [0.717, 1.165) is 6.07 Å². The fraction of sp³-hybridized carbons (Fsp3) is 0.250. The van der Waals surface area contributed by atoms with Crippen LogP contribution in [0.2, 0.25) is 0 Å². The summed E-state index contributed by atoms with van der Waals surface area (Å²) in [5.74, 6) is -0.374. The summed E-state index contributed by atoms with van der Waals surface area (Å²) in [6.45, 7) is 1.74. The fourth-order valence-corrected chi connectivity index (χ4v) is 2.15. The Morgan fingerprint density at radius 3 is 2.29 bits per heavy atom. The van der Waals surface area contributed by atoms with Gasteiger partial charge in [0.2, 0.25) is 0 Å². The van der Waals surface area contributed by atoms with Crippen molar-refractivity contribution in [2.75, 3.05) is 0 Å². The van der Waals surface area contributed by atoms with Crippen LogP contribution in [0.5, 0.6) is 0 Å². The molecule has 0 radical (unpaired) electrons. The van der Waals surface area contributed by atoms with E-state index < -0.39 is 11.7 Å². The predicted molar refractivity (Wildman–Crippen MR) is 73.1 cm³/mol. The summed E-state index contributed by atoms with van der Waals surface area (Å²) in [6, 6.07) is 11.2. The van der Waals surface area contributed by atoms with E-state index in [1.165, 1.54) is 18.2 Å². The molecule has 1 N–H and O–H groups in total. The third-order valence-electron chi connectivity index (χ3n) is 3.29. The molecule has 0 saturated carbocycles. The highest BCUT2D eigenvalue weighted by molar-refractivity contribution is 5.30. The highest BCUT2D eigenvalue weighted by Crippen LogP contribution is 2.32. The standard InChI is InChI=1S/C16H15F4N/c1-11(13-7-3-5-9-15(13)17)21-10-12-6-2-4-8-14(12)16(18,19)20/h2-9,11,21H,10H2,1H3/t11-/m1/s1.